The Hall–Kier alpha value is -2.37. The number of anilines is 1. The average molecular weight is 374 g/mol. The molecule has 0 atom stereocenters. The lowest BCUT2D eigenvalue weighted by molar-refractivity contribution is 0.0949. The van der Waals surface area contributed by atoms with Crippen LogP contribution in [0.15, 0.2) is 36.4 Å². The minimum atomic E-state index is -0.265. The van der Waals surface area contributed by atoms with E-state index < -0.39 is 0 Å². The lowest BCUT2D eigenvalue weighted by Gasteiger charge is -2.12. The minimum absolute atomic E-state index is 0.156. The topological polar surface area (TPSA) is 61.4 Å². The minimum Gasteiger partial charge on any atom is -0.351 e. The molecule has 0 aliphatic rings. The van der Waals surface area contributed by atoms with Gasteiger partial charge in [-0.3, -0.25) is 9.59 Å². The SMILES string of the molecule is Cc1cc(C)c(NC(=O)c2ccc(C(=O)NCCN(C)C)cc2)c(Cl)c1. The summed E-state index contributed by atoms with van der Waals surface area (Å²) in [4.78, 5) is 26.5. The smallest absolute Gasteiger partial charge is 0.255 e. The number of nitrogens with zero attached hydrogens (tertiary/aromatic N) is 1. The number of hydrogen-bond acceptors (Lipinski definition) is 3. The lowest BCUT2D eigenvalue weighted by atomic mass is 10.1. The van der Waals surface area contributed by atoms with Crippen LogP contribution in [0.2, 0.25) is 5.02 Å². The number of halogens is 1. The van der Waals surface area contributed by atoms with Crippen molar-refractivity contribution in [2.75, 3.05) is 32.5 Å². The molecule has 2 amide bonds. The van der Waals surface area contributed by atoms with Crippen molar-refractivity contribution in [1.82, 2.24) is 10.2 Å². The first-order chi connectivity index (χ1) is 12.3. The van der Waals surface area contributed by atoms with Crippen molar-refractivity contribution in [1.29, 1.82) is 0 Å². The van der Waals surface area contributed by atoms with Crippen molar-refractivity contribution in [2.24, 2.45) is 0 Å². The van der Waals surface area contributed by atoms with Gasteiger partial charge in [0.05, 0.1) is 10.7 Å². The van der Waals surface area contributed by atoms with Gasteiger partial charge in [0.15, 0.2) is 0 Å². The molecule has 0 aliphatic carbocycles. The normalized spacial score (nSPS) is 10.7. The molecule has 6 heteroatoms. The van der Waals surface area contributed by atoms with Gasteiger partial charge in [0.1, 0.15) is 0 Å². The molecule has 0 spiro atoms. The zero-order valence-electron chi connectivity index (χ0n) is 15.5. The number of likely N-dealkylation sites (N-methyl/N-ethyl adjacent to an activating group) is 1. The van der Waals surface area contributed by atoms with Crippen molar-refractivity contribution in [3.05, 3.63) is 63.7 Å². The average Bonchev–Trinajstić information content (AvgIpc) is 2.57. The molecular formula is C20H24ClN3O2. The Morgan fingerprint density at radius 2 is 1.58 bits per heavy atom. The van der Waals surface area contributed by atoms with Crippen LogP contribution >= 0.6 is 11.6 Å². The fourth-order valence-corrected chi connectivity index (χ4v) is 2.90. The van der Waals surface area contributed by atoms with Gasteiger partial charge in [-0.15, -0.1) is 0 Å². The van der Waals surface area contributed by atoms with E-state index in [0.717, 1.165) is 17.7 Å². The Morgan fingerprint density at radius 1 is 1.00 bits per heavy atom. The zero-order chi connectivity index (χ0) is 19.3. The summed E-state index contributed by atoms with van der Waals surface area (Å²) in [6.07, 6.45) is 0. The summed E-state index contributed by atoms with van der Waals surface area (Å²) in [5.41, 5.74) is 3.53. The van der Waals surface area contributed by atoms with Gasteiger partial charge in [-0.05, 0) is 69.4 Å². The molecule has 0 saturated heterocycles. The fourth-order valence-electron chi connectivity index (χ4n) is 2.53. The first-order valence-electron chi connectivity index (χ1n) is 8.39. The van der Waals surface area contributed by atoms with E-state index in [-0.39, 0.29) is 11.8 Å². The first-order valence-corrected chi connectivity index (χ1v) is 8.77. The molecule has 0 radical (unpaired) electrons. The maximum Gasteiger partial charge on any atom is 0.255 e. The van der Waals surface area contributed by atoms with E-state index in [4.69, 9.17) is 11.6 Å². The van der Waals surface area contributed by atoms with Crippen molar-refractivity contribution >= 4 is 29.1 Å². The lowest BCUT2D eigenvalue weighted by Crippen LogP contribution is -2.31. The van der Waals surface area contributed by atoms with E-state index in [0.29, 0.717) is 28.4 Å². The van der Waals surface area contributed by atoms with Crippen LogP contribution in [0.3, 0.4) is 0 Å². The summed E-state index contributed by atoms with van der Waals surface area (Å²) in [7, 11) is 3.89. The molecule has 0 fully saturated rings. The van der Waals surface area contributed by atoms with Crippen LogP contribution in [0.25, 0.3) is 0 Å². The van der Waals surface area contributed by atoms with Crippen molar-refractivity contribution in [3.8, 4) is 0 Å². The Labute approximate surface area is 159 Å². The van der Waals surface area contributed by atoms with Gasteiger partial charge in [0.25, 0.3) is 11.8 Å². The Bertz CT molecular complexity index is 778. The highest BCUT2D eigenvalue weighted by atomic mass is 35.5. The number of amides is 2. The van der Waals surface area contributed by atoms with Gasteiger partial charge in [0, 0.05) is 24.2 Å². The van der Waals surface area contributed by atoms with Gasteiger partial charge >= 0.3 is 0 Å². The molecule has 0 heterocycles. The zero-order valence-corrected chi connectivity index (χ0v) is 16.3. The van der Waals surface area contributed by atoms with Crippen LogP contribution < -0.4 is 10.6 Å². The highest BCUT2D eigenvalue weighted by Crippen LogP contribution is 2.27. The van der Waals surface area contributed by atoms with Crippen LogP contribution in [0, 0.1) is 13.8 Å². The highest BCUT2D eigenvalue weighted by Gasteiger charge is 2.12. The first kappa shape index (κ1) is 19.9. The number of rotatable bonds is 6. The molecular weight excluding hydrogens is 350 g/mol. The van der Waals surface area contributed by atoms with Crippen LogP contribution in [-0.2, 0) is 0 Å². The van der Waals surface area contributed by atoms with E-state index >= 15 is 0 Å². The second-order valence-electron chi connectivity index (χ2n) is 6.53. The number of hydrogen-bond donors (Lipinski definition) is 2. The molecule has 0 unspecified atom stereocenters. The fraction of sp³-hybridized carbons (Fsp3) is 0.300. The number of benzene rings is 2. The van der Waals surface area contributed by atoms with Crippen LogP contribution in [0.4, 0.5) is 5.69 Å². The summed E-state index contributed by atoms with van der Waals surface area (Å²) in [6, 6.07) is 10.3. The number of nitrogens with one attached hydrogen (secondary N) is 2. The molecule has 0 saturated carbocycles. The predicted octanol–water partition coefficient (Wildman–Crippen LogP) is 3.50. The molecule has 26 heavy (non-hydrogen) atoms. The van der Waals surface area contributed by atoms with E-state index in [9.17, 15) is 9.59 Å². The monoisotopic (exact) mass is 373 g/mol. The van der Waals surface area contributed by atoms with Crippen LogP contribution in [-0.4, -0.2) is 43.9 Å². The van der Waals surface area contributed by atoms with Crippen molar-refractivity contribution in [3.63, 3.8) is 0 Å². The van der Waals surface area contributed by atoms with E-state index in [1.54, 1.807) is 24.3 Å². The predicted molar refractivity (Wildman–Crippen MR) is 106 cm³/mol. The molecule has 5 nitrogen and oxygen atoms in total. The number of carbonyl (C=O) groups is 2. The van der Waals surface area contributed by atoms with E-state index in [1.165, 1.54) is 0 Å². The summed E-state index contributed by atoms with van der Waals surface area (Å²) in [5.74, 6) is -0.422. The summed E-state index contributed by atoms with van der Waals surface area (Å²) < 4.78 is 0. The van der Waals surface area contributed by atoms with Gasteiger partial charge in [-0.2, -0.15) is 0 Å². The second-order valence-corrected chi connectivity index (χ2v) is 6.94. The molecule has 138 valence electrons. The molecule has 2 rings (SSSR count). The second kappa shape index (κ2) is 8.83. The summed E-state index contributed by atoms with van der Waals surface area (Å²) >= 11 is 6.23. The standard InChI is InChI=1S/C20H24ClN3O2/c1-13-11-14(2)18(17(21)12-13)23-20(26)16-7-5-15(6-8-16)19(25)22-9-10-24(3)4/h5-8,11-12H,9-10H2,1-4H3,(H,22,25)(H,23,26). The Balaban J connectivity index is 2.04. The van der Waals surface area contributed by atoms with E-state index in [1.807, 2.05) is 45.0 Å². The number of aryl methyl sites for hydroxylation is 2. The van der Waals surface area contributed by atoms with Gasteiger partial charge in [-0.1, -0.05) is 17.7 Å². The summed E-state index contributed by atoms with van der Waals surface area (Å²) in [5, 5.41) is 6.19. The van der Waals surface area contributed by atoms with Crippen molar-refractivity contribution < 1.29 is 9.59 Å². The third-order valence-corrected chi connectivity index (χ3v) is 4.22. The molecule has 0 aliphatic heterocycles. The van der Waals surface area contributed by atoms with Gasteiger partial charge in [-0.25, -0.2) is 0 Å². The largest absolute Gasteiger partial charge is 0.351 e. The van der Waals surface area contributed by atoms with Gasteiger partial charge < -0.3 is 15.5 Å². The number of carbonyl (C=O) groups excluding carboxylic acids is 2. The Morgan fingerprint density at radius 3 is 2.12 bits per heavy atom. The molecule has 0 bridgehead atoms. The molecule has 2 aromatic carbocycles. The quantitative estimate of drug-likeness (QED) is 0.814. The maximum absolute atomic E-state index is 12.5. The van der Waals surface area contributed by atoms with Crippen LogP contribution in [0.1, 0.15) is 31.8 Å². The van der Waals surface area contributed by atoms with Gasteiger partial charge in [0.2, 0.25) is 0 Å². The van der Waals surface area contributed by atoms with Crippen molar-refractivity contribution in [2.45, 2.75) is 13.8 Å². The van der Waals surface area contributed by atoms with E-state index in [2.05, 4.69) is 10.6 Å². The maximum atomic E-state index is 12.5. The van der Waals surface area contributed by atoms with Crippen LogP contribution in [0.5, 0.6) is 0 Å². The Kier molecular flexibility index (Phi) is 6.77. The third kappa shape index (κ3) is 5.31. The summed E-state index contributed by atoms with van der Waals surface area (Å²) in [6.45, 7) is 5.19. The molecule has 0 aromatic heterocycles. The molecule has 2 N–H and O–H groups in total. The molecule has 2 aromatic rings. The highest BCUT2D eigenvalue weighted by molar-refractivity contribution is 6.34. The third-order valence-electron chi connectivity index (χ3n) is 3.92.